The van der Waals surface area contributed by atoms with Crippen LogP contribution in [0.3, 0.4) is 0 Å². The summed E-state index contributed by atoms with van der Waals surface area (Å²) < 4.78 is 40.3. The molecule has 0 bridgehead atoms. The van der Waals surface area contributed by atoms with Gasteiger partial charge in [0.15, 0.2) is 6.23 Å². The predicted octanol–water partition coefficient (Wildman–Crippen LogP) is 2.04. The van der Waals surface area contributed by atoms with Gasteiger partial charge in [0.25, 0.3) is 0 Å². The minimum Gasteiger partial charge on any atom is -0.304 e. The Kier molecular flexibility index (Phi) is 2.30. The molecule has 2 rings (SSSR count). The monoisotopic (exact) mass is 218 g/mol. The van der Waals surface area contributed by atoms with Crippen LogP contribution in [0.15, 0.2) is 29.4 Å². The van der Waals surface area contributed by atoms with Crippen molar-refractivity contribution >= 4 is 5.84 Å². The van der Waals surface area contributed by atoms with Crippen molar-refractivity contribution in [2.45, 2.75) is 25.6 Å². The van der Waals surface area contributed by atoms with Crippen molar-refractivity contribution in [3.05, 3.63) is 24.4 Å². The zero-order valence-electron chi connectivity index (χ0n) is 7.90. The van der Waals surface area contributed by atoms with Gasteiger partial charge in [-0.3, -0.25) is 9.73 Å². The third-order valence-corrected chi connectivity index (χ3v) is 2.14. The first-order chi connectivity index (χ1) is 6.97. The molecule has 3 nitrogen and oxygen atoms in total. The Morgan fingerprint density at radius 2 is 2.13 bits per heavy atom. The summed E-state index contributed by atoms with van der Waals surface area (Å²) in [5, 5.41) is 0. The van der Waals surface area contributed by atoms with E-state index in [9.17, 15) is 13.2 Å². The number of alkyl halides is 3. The third-order valence-electron chi connectivity index (χ3n) is 2.14. The van der Waals surface area contributed by atoms with E-state index in [1.165, 1.54) is 11.1 Å². The quantitative estimate of drug-likeness (QED) is 0.672. The molecule has 1 unspecified atom stereocenters. The predicted molar refractivity (Wildman–Crippen MR) is 47.9 cm³/mol. The van der Waals surface area contributed by atoms with Gasteiger partial charge >= 0.3 is 6.36 Å². The molecule has 0 saturated carbocycles. The number of nitrogens with zero attached hydrogens (tertiary/aromatic N) is 2. The molecule has 0 fully saturated rings. The highest BCUT2D eigenvalue weighted by Gasteiger charge is 2.42. The zero-order chi connectivity index (χ0) is 11.1. The minimum absolute atomic E-state index is 0.499. The molecule has 0 aromatic carbocycles. The fourth-order valence-corrected chi connectivity index (χ4v) is 1.57. The van der Waals surface area contributed by atoms with Gasteiger partial charge < -0.3 is 4.90 Å². The molecule has 15 heavy (non-hydrogen) atoms. The second kappa shape index (κ2) is 3.37. The van der Waals surface area contributed by atoms with E-state index in [2.05, 4.69) is 9.73 Å². The van der Waals surface area contributed by atoms with Crippen LogP contribution in [0.2, 0.25) is 0 Å². The molecule has 0 spiro atoms. The van der Waals surface area contributed by atoms with E-state index in [1.807, 2.05) is 0 Å². The van der Waals surface area contributed by atoms with Gasteiger partial charge in [0.1, 0.15) is 5.84 Å². The summed E-state index contributed by atoms with van der Waals surface area (Å²) in [5.41, 5.74) is 0. The normalized spacial score (nSPS) is 29.3. The van der Waals surface area contributed by atoms with Crippen molar-refractivity contribution in [1.82, 2.24) is 4.90 Å². The summed E-state index contributed by atoms with van der Waals surface area (Å²) >= 11 is 0. The van der Waals surface area contributed by atoms with Crippen molar-refractivity contribution < 1.29 is 17.9 Å². The molecule has 0 aromatic heterocycles. The van der Waals surface area contributed by atoms with Crippen LogP contribution in [0.1, 0.15) is 6.92 Å². The zero-order valence-corrected chi connectivity index (χ0v) is 7.90. The molecule has 2 aliphatic heterocycles. The van der Waals surface area contributed by atoms with Crippen molar-refractivity contribution in [1.29, 1.82) is 0 Å². The van der Waals surface area contributed by atoms with Crippen molar-refractivity contribution in [2.75, 3.05) is 0 Å². The number of allylic oxidation sites excluding steroid dienone is 2. The summed E-state index contributed by atoms with van der Waals surface area (Å²) in [6, 6.07) is -0.533. The third kappa shape index (κ3) is 2.04. The lowest BCUT2D eigenvalue weighted by molar-refractivity contribution is -0.353. The lowest BCUT2D eigenvalue weighted by Crippen LogP contribution is -2.41. The number of halogens is 3. The van der Waals surface area contributed by atoms with Crippen molar-refractivity contribution in [2.24, 2.45) is 4.99 Å². The van der Waals surface area contributed by atoms with Crippen LogP contribution in [-0.2, 0) is 4.74 Å². The second-order valence-corrected chi connectivity index (χ2v) is 3.29. The molecular formula is C9H9F3N2O. The lowest BCUT2D eigenvalue weighted by Gasteiger charge is -2.27. The van der Waals surface area contributed by atoms with Crippen LogP contribution in [0.5, 0.6) is 0 Å². The molecule has 6 heteroatoms. The van der Waals surface area contributed by atoms with E-state index >= 15 is 0 Å². The van der Waals surface area contributed by atoms with E-state index in [4.69, 9.17) is 0 Å². The first-order valence-corrected chi connectivity index (χ1v) is 4.43. The van der Waals surface area contributed by atoms with Crippen LogP contribution < -0.4 is 0 Å². The van der Waals surface area contributed by atoms with E-state index in [0.29, 0.717) is 5.84 Å². The molecule has 2 atom stereocenters. The Bertz CT molecular complexity index is 346. The lowest BCUT2D eigenvalue weighted by atomic mass is 10.3. The van der Waals surface area contributed by atoms with Gasteiger partial charge in [-0.05, 0) is 19.1 Å². The average Bonchev–Trinajstić information content (AvgIpc) is 2.41. The number of rotatable bonds is 1. The summed E-state index contributed by atoms with van der Waals surface area (Å²) in [6.07, 6.45) is 0.802. The number of hydrogen-bond donors (Lipinski definition) is 0. The Hall–Kier alpha value is -1.30. The Labute approximate surface area is 84.5 Å². The topological polar surface area (TPSA) is 24.8 Å². The van der Waals surface area contributed by atoms with Gasteiger partial charge in [-0.15, -0.1) is 13.2 Å². The number of fused-ring (bicyclic) bond motifs is 1. The standard InChI is InChI=1S/C9H9F3N2O/c1-6-8(15-9(10,11)12)14-5-3-2-4-7(14)13-6/h2-6,8H,1H3/t6-,8?/m1/s1. The molecule has 0 saturated heterocycles. The molecular weight excluding hydrogens is 209 g/mol. The minimum atomic E-state index is -4.64. The van der Waals surface area contributed by atoms with Crippen molar-refractivity contribution in [3.8, 4) is 0 Å². The number of ether oxygens (including phenoxy) is 1. The van der Waals surface area contributed by atoms with Crippen LogP contribution >= 0.6 is 0 Å². The van der Waals surface area contributed by atoms with Gasteiger partial charge in [0, 0.05) is 6.20 Å². The highest BCUT2D eigenvalue weighted by molar-refractivity contribution is 5.96. The summed E-state index contributed by atoms with van der Waals surface area (Å²) in [7, 11) is 0. The molecule has 2 aliphatic rings. The van der Waals surface area contributed by atoms with Gasteiger partial charge in [-0.2, -0.15) is 0 Å². The first kappa shape index (κ1) is 10.2. The summed E-state index contributed by atoms with van der Waals surface area (Å²) in [6.45, 7) is 1.59. The van der Waals surface area contributed by atoms with E-state index < -0.39 is 18.6 Å². The van der Waals surface area contributed by atoms with Gasteiger partial charge in [0.2, 0.25) is 0 Å². The van der Waals surface area contributed by atoms with Crippen LogP contribution in [0, 0.1) is 0 Å². The molecule has 0 aliphatic carbocycles. The highest BCUT2D eigenvalue weighted by Crippen LogP contribution is 2.28. The SMILES string of the molecule is C[C@H]1N=C2C=CC=CN2C1OC(F)(F)F. The molecule has 0 amide bonds. The maximum atomic E-state index is 12.1. The summed E-state index contributed by atoms with van der Waals surface area (Å²) in [5.74, 6) is 0.499. The second-order valence-electron chi connectivity index (χ2n) is 3.29. The molecule has 0 radical (unpaired) electrons. The smallest absolute Gasteiger partial charge is 0.304 e. The maximum Gasteiger partial charge on any atom is 0.524 e. The largest absolute Gasteiger partial charge is 0.524 e. The Morgan fingerprint density at radius 3 is 2.80 bits per heavy atom. The first-order valence-electron chi connectivity index (χ1n) is 4.43. The Morgan fingerprint density at radius 1 is 1.40 bits per heavy atom. The number of hydrogen-bond acceptors (Lipinski definition) is 3. The molecule has 0 N–H and O–H groups in total. The highest BCUT2D eigenvalue weighted by atomic mass is 19.4. The van der Waals surface area contributed by atoms with Crippen LogP contribution in [0.25, 0.3) is 0 Å². The number of amidine groups is 1. The molecule has 82 valence electrons. The van der Waals surface area contributed by atoms with E-state index in [0.717, 1.165) is 0 Å². The van der Waals surface area contributed by atoms with Crippen LogP contribution in [0.4, 0.5) is 13.2 Å². The van der Waals surface area contributed by atoms with Crippen LogP contribution in [-0.4, -0.2) is 29.4 Å². The van der Waals surface area contributed by atoms with Crippen molar-refractivity contribution in [3.63, 3.8) is 0 Å². The van der Waals surface area contributed by atoms with E-state index in [-0.39, 0.29) is 0 Å². The average molecular weight is 218 g/mol. The van der Waals surface area contributed by atoms with Gasteiger partial charge in [0.05, 0.1) is 6.04 Å². The fourth-order valence-electron chi connectivity index (χ4n) is 1.57. The van der Waals surface area contributed by atoms with Gasteiger partial charge in [-0.25, -0.2) is 0 Å². The Balaban J connectivity index is 2.15. The maximum absolute atomic E-state index is 12.1. The number of aliphatic imine (C=N–C) groups is 1. The summed E-state index contributed by atoms with van der Waals surface area (Å²) in [4.78, 5) is 5.43. The molecule has 0 aromatic rings. The van der Waals surface area contributed by atoms with E-state index in [1.54, 1.807) is 25.2 Å². The fraction of sp³-hybridized carbons (Fsp3) is 0.444. The molecule has 2 heterocycles. The van der Waals surface area contributed by atoms with Gasteiger partial charge in [-0.1, -0.05) is 6.08 Å².